The Morgan fingerprint density at radius 3 is 2.56 bits per heavy atom. The van der Waals surface area contributed by atoms with Crippen LogP contribution in [0.4, 0.5) is 11.8 Å². The lowest BCUT2D eigenvalue weighted by atomic mass is 10.2. The summed E-state index contributed by atoms with van der Waals surface area (Å²) >= 11 is 0. The van der Waals surface area contributed by atoms with Crippen LogP contribution in [0.1, 0.15) is 20.3 Å². The molecule has 0 amide bonds. The van der Waals surface area contributed by atoms with Crippen LogP contribution in [-0.4, -0.2) is 77.1 Å². The number of hydrogen-bond acceptors (Lipinski definition) is 7. The molecular weight excluding hydrogens is 338 g/mol. The zero-order valence-electron chi connectivity index (χ0n) is 16.6. The summed E-state index contributed by atoms with van der Waals surface area (Å²) < 4.78 is 0. The lowest BCUT2D eigenvalue weighted by Crippen LogP contribution is -2.45. The quantitative estimate of drug-likeness (QED) is 0.740. The van der Waals surface area contributed by atoms with Gasteiger partial charge in [0.1, 0.15) is 5.82 Å². The maximum absolute atomic E-state index is 4.69. The predicted molar refractivity (Wildman–Crippen MR) is 111 cm³/mol. The maximum atomic E-state index is 4.69. The highest BCUT2D eigenvalue weighted by molar-refractivity contribution is 5.63. The molecule has 2 aromatic heterocycles. The SMILES string of the molecule is CC[C@@H](C)Nc1nc(NCCN2CCN(C)CC2)cc(-c2ccncc2)n1. The van der Waals surface area contributed by atoms with Gasteiger partial charge in [-0.15, -0.1) is 0 Å². The summed E-state index contributed by atoms with van der Waals surface area (Å²) in [7, 11) is 2.18. The lowest BCUT2D eigenvalue weighted by Gasteiger charge is -2.32. The highest BCUT2D eigenvalue weighted by Crippen LogP contribution is 2.21. The van der Waals surface area contributed by atoms with Crippen LogP contribution in [0.15, 0.2) is 30.6 Å². The van der Waals surface area contributed by atoms with Gasteiger partial charge in [-0.1, -0.05) is 6.92 Å². The van der Waals surface area contributed by atoms with E-state index in [2.05, 4.69) is 51.3 Å². The van der Waals surface area contributed by atoms with E-state index in [0.29, 0.717) is 12.0 Å². The fourth-order valence-corrected chi connectivity index (χ4v) is 3.01. The fourth-order valence-electron chi connectivity index (χ4n) is 3.01. The average molecular weight is 370 g/mol. The standard InChI is InChI=1S/C20H31N7/c1-4-16(2)23-20-24-18(17-5-7-21-8-6-17)15-19(25-20)22-9-10-27-13-11-26(3)12-14-27/h5-8,15-16H,4,9-14H2,1-3H3,(H2,22,23,24,25)/t16-/m1/s1. The lowest BCUT2D eigenvalue weighted by molar-refractivity contribution is 0.158. The number of anilines is 2. The zero-order valence-corrected chi connectivity index (χ0v) is 16.6. The largest absolute Gasteiger partial charge is 0.369 e. The molecule has 0 radical (unpaired) electrons. The van der Waals surface area contributed by atoms with Crippen molar-refractivity contribution in [1.29, 1.82) is 0 Å². The number of pyridine rings is 1. The summed E-state index contributed by atoms with van der Waals surface area (Å²) in [5.74, 6) is 1.53. The molecule has 1 atom stereocenters. The number of piperazine rings is 1. The Bertz CT molecular complexity index is 699. The smallest absolute Gasteiger partial charge is 0.225 e. The summed E-state index contributed by atoms with van der Waals surface area (Å²) in [6.45, 7) is 10.7. The van der Waals surface area contributed by atoms with Crippen molar-refractivity contribution >= 4 is 11.8 Å². The third kappa shape index (κ3) is 5.87. The number of rotatable bonds is 8. The fraction of sp³-hybridized carbons (Fsp3) is 0.550. The van der Waals surface area contributed by atoms with Crippen molar-refractivity contribution in [2.24, 2.45) is 0 Å². The van der Waals surface area contributed by atoms with Crippen LogP contribution in [-0.2, 0) is 0 Å². The number of nitrogens with one attached hydrogen (secondary N) is 2. The van der Waals surface area contributed by atoms with Gasteiger partial charge < -0.3 is 15.5 Å². The molecule has 0 aliphatic carbocycles. The van der Waals surface area contributed by atoms with E-state index in [-0.39, 0.29) is 0 Å². The molecule has 2 aromatic rings. The number of aromatic nitrogens is 3. The highest BCUT2D eigenvalue weighted by atomic mass is 15.3. The van der Waals surface area contributed by atoms with Crippen molar-refractivity contribution in [2.75, 3.05) is 56.9 Å². The van der Waals surface area contributed by atoms with Gasteiger partial charge in [-0.25, -0.2) is 4.98 Å². The van der Waals surface area contributed by atoms with Crippen LogP contribution in [0.3, 0.4) is 0 Å². The Hall–Kier alpha value is -2.25. The van der Waals surface area contributed by atoms with Crippen molar-refractivity contribution in [3.8, 4) is 11.3 Å². The van der Waals surface area contributed by atoms with Gasteiger partial charge in [0.05, 0.1) is 5.69 Å². The number of likely N-dealkylation sites (N-methyl/N-ethyl adjacent to an activating group) is 1. The first-order valence-corrected chi connectivity index (χ1v) is 9.85. The molecule has 2 N–H and O–H groups in total. The molecule has 3 heterocycles. The molecule has 146 valence electrons. The van der Waals surface area contributed by atoms with E-state index in [1.54, 1.807) is 12.4 Å². The summed E-state index contributed by atoms with van der Waals surface area (Å²) in [6, 6.07) is 6.30. The van der Waals surface area contributed by atoms with Crippen molar-refractivity contribution in [3.05, 3.63) is 30.6 Å². The van der Waals surface area contributed by atoms with Crippen molar-refractivity contribution < 1.29 is 0 Å². The molecule has 0 saturated carbocycles. The topological polar surface area (TPSA) is 69.2 Å². The first-order chi connectivity index (χ1) is 13.1. The van der Waals surface area contributed by atoms with Gasteiger partial charge in [-0.2, -0.15) is 4.98 Å². The van der Waals surface area contributed by atoms with Gasteiger partial charge in [0.2, 0.25) is 5.95 Å². The summed E-state index contributed by atoms with van der Waals surface area (Å²) in [6.07, 6.45) is 4.61. The van der Waals surface area contributed by atoms with Crippen molar-refractivity contribution in [3.63, 3.8) is 0 Å². The summed E-state index contributed by atoms with van der Waals surface area (Å²) in [5, 5.41) is 6.88. The van der Waals surface area contributed by atoms with Crippen molar-refractivity contribution in [2.45, 2.75) is 26.3 Å². The molecule has 7 nitrogen and oxygen atoms in total. The zero-order chi connectivity index (χ0) is 19.1. The molecule has 0 spiro atoms. The van der Waals surface area contributed by atoms with Crippen LogP contribution in [0.5, 0.6) is 0 Å². The molecule has 0 bridgehead atoms. The summed E-state index contributed by atoms with van der Waals surface area (Å²) in [4.78, 5) is 18.3. The molecule has 0 unspecified atom stereocenters. The second-order valence-corrected chi connectivity index (χ2v) is 7.22. The van der Waals surface area contributed by atoms with Gasteiger partial charge in [-0.05, 0) is 32.5 Å². The normalized spacial score (nSPS) is 16.9. The van der Waals surface area contributed by atoms with E-state index in [0.717, 1.165) is 62.8 Å². The molecular formula is C20H31N7. The third-order valence-electron chi connectivity index (χ3n) is 5.02. The van der Waals surface area contributed by atoms with Crippen LogP contribution in [0.2, 0.25) is 0 Å². The first-order valence-electron chi connectivity index (χ1n) is 9.85. The maximum Gasteiger partial charge on any atom is 0.225 e. The molecule has 1 aliphatic rings. The van der Waals surface area contributed by atoms with Crippen LogP contribution >= 0.6 is 0 Å². The molecule has 1 fully saturated rings. The van der Waals surface area contributed by atoms with Gasteiger partial charge in [0, 0.05) is 69.3 Å². The monoisotopic (exact) mass is 369 g/mol. The molecule has 3 rings (SSSR count). The van der Waals surface area contributed by atoms with Gasteiger partial charge >= 0.3 is 0 Å². The average Bonchev–Trinajstić information content (AvgIpc) is 2.70. The van der Waals surface area contributed by atoms with Crippen LogP contribution < -0.4 is 10.6 Å². The van der Waals surface area contributed by atoms with E-state index in [1.807, 2.05) is 18.2 Å². The Morgan fingerprint density at radius 2 is 1.85 bits per heavy atom. The Kier molecular flexibility index (Phi) is 6.95. The minimum absolute atomic E-state index is 0.330. The summed E-state index contributed by atoms with van der Waals surface area (Å²) in [5.41, 5.74) is 1.95. The predicted octanol–water partition coefficient (Wildman–Crippen LogP) is 2.41. The second-order valence-electron chi connectivity index (χ2n) is 7.22. The Balaban J connectivity index is 1.68. The number of nitrogens with zero attached hydrogens (tertiary/aromatic N) is 5. The van der Waals surface area contributed by atoms with E-state index < -0.39 is 0 Å². The van der Waals surface area contributed by atoms with Crippen LogP contribution in [0.25, 0.3) is 11.3 Å². The second kappa shape index (κ2) is 9.62. The molecule has 1 aliphatic heterocycles. The Morgan fingerprint density at radius 1 is 1.11 bits per heavy atom. The van der Waals surface area contributed by atoms with Gasteiger partial charge in [-0.3, -0.25) is 9.88 Å². The number of hydrogen-bond donors (Lipinski definition) is 2. The molecule has 27 heavy (non-hydrogen) atoms. The highest BCUT2D eigenvalue weighted by Gasteiger charge is 2.13. The Labute approximate surface area is 162 Å². The minimum atomic E-state index is 0.330. The van der Waals surface area contributed by atoms with E-state index in [9.17, 15) is 0 Å². The van der Waals surface area contributed by atoms with E-state index in [1.165, 1.54) is 0 Å². The minimum Gasteiger partial charge on any atom is -0.369 e. The van der Waals surface area contributed by atoms with E-state index in [4.69, 9.17) is 4.98 Å². The van der Waals surface area contributed by atoms with Gasteiger partial charge in [0.25, 0.3) is 0 Å². The molecule has 0 aromatic carbocycles. The molecule has 1 saturated heterocycles. The van der Waals surface area contributed by atoms with E-state index >= 15 is 0 Å². The van der Waals surface area contributed by atoms with Crippen molar-refractivity contribution in [1.82, 2.24) is 24.8 Å². The van der Waals surface area contributed by atoms with Crippen LogP contribution in [0, 0.1) is 0 Å². The van der Waals surface area contributed by atoms with Gasteiger partial charge in [0.15, 0.2) is 0 Å². The third-order valence-corrected chi connectivity index (χ3v) is 5.02. The first kappa shape index (κ1) is 19.5. The molecule has 7 heteroatoms.